The summed E-state index contributed by atoms with van der Waals surface area (Å²) < 4.78 is 10.9. The molecule has 26 heavy (non-hydrogen) atoms. The molecule has 4 rings (SSSR count). The first-order valence-electron chi connectivity index (χ1n) is 9.03. The second-order valence-corrected chi connectivity index (χ2v) is 7.31. The van der Waals surface area contributed by atoms with Crippen LogP contribution in [-0.4, -0.2) is 44.9 Å². The Kier molecular flexibility index (Phi) is 4.19. The summed E-state index contributed by atoms with van der Waals surface area (Å²) in [6, 6.07) is 8.77. The molecule has 0 amide bonds. The molecule has 0 aromatic heterocycles. The summed E-state index contributed by atoms with van der Waals surface area (Å²) in [4.78, 5) is 4.57. The maximum atomic E-state index is 10.5. The van der Waals surface area contributed by atoms with Crippen LogP contribution in [0.25, 0.3) is 0 Å². The predicted octanol–water partition coefficient (Wildman–Crippen LogP) is 3.13. The van der Waals surface area contributed by atoms with Crippen LogP contribution in [0.5, 0.6) is 17.2 Å². The molecule has 1 unspecified atom stereocenters. The fourth-order valence-electron chi connectivity index (χ4n) is 4.31. The van der Waals surface area contributed by atoms with Crippen LogP contribution in [0.4, 0.5) is 5.69 Å². The van der Waals surface area contributed by atoms with E-state index in [0.29, 0.717) is 11.8 Å². The van der Waals surface area contributed by atoms with Gasteiger partial charge in [-0.3, -0.25) is 4.90 Å². The van der Waals surface area contributed by atoms with Crippen LogP contribution < -0.4 is 14.4 Å². The van der Waals surface area contributed by atoms with Crippen LogP contribution in [0, 0.1) is 0 Å². The van der Waals surface area contributed by atoms with Crippen molar-refractivity contribution in [3.63, 3.8) is 0 Å². The highest BCUT2D eigenvalue weighted by Crippen LogP contribution is 2.45. The minimum atomic E-state index is 0.290. The van der Waals surface area contributed by atoms with Gasteiger partial charge in [0.15, 0.2) is 11.5 Å². The van der Waals surface area contributed by atoms with Crippen molar-refractivity contribution >= 4 is 5.69 Å². The SMILES string of the molecule is COc1cc2c(cc1N(C)C)C1Cc3ccc(OC)c(O)c3CN1CC2. The molecular formula is C21H26N2O3. The first-order chi connectivity index (χ1) is 12.5. The van der Waals surface area contributed by atoms with E-state index in [2.05, 4.69) is 28.0 Å². The number of hydrogen-bond acceptors (Lipinski definition) is 5. The van der Waals surface area contributed by atoms with Crippen LogP contribution in [0.2, 0.25) is 0 Å². The number of anilines is 1. The van der Waals surface area contributed by atoms with Crippen molar-refractivity contribution in [3.8, 4) is 17.2 Å². The van der Waals surface area contributed by atoms with Gasteiger partial charge in [0.05, 0.1) is 19.9 Å². The zero-order valence-electron chi connectivity index (χ0n) is 15.9. The first kappa shape index (κ1) is 17.0. The van der Waals surface area contributed by atoms with Crippen LogP contribution in [-0.2, 0) is 19.4 Å². The highest BCUT2D eigenvalue weighted by atomic mass is 16.5. The third-order valence-electron chi connectivity index (χ3n) is 5.73. The van der Waals surface area contributed by atoms with Gasteiger partial charge in [-0.2, -0.15) is 0 Å². The van der Waals surface area contributed by atoms with E-state index >= 15 is 0 Å². The van der Waals surface area contributed by atoms with Crippen molar-refractivity contribution in [2.75, 3.05) is 39.8 Å². The normalized spacial score (nSPS) is 18.5. The zero-order valence-corrected chi connectivity index (χ0v) is 15.9. The van der Waals surface area contributed by atoms with Crippen LogP contribution in [0.15, 0.2) is 24.3 Å². The van der Waals surface area contributed by atoms with Gasteiger partial charge in [-0.25, -0.2) is 0 Å². The third-order valence-corrected chi connectivity index (χ3v) is 5.73. The molecule has 138 valence electrons. The van der Waals surface area contributed by atoms with Gasteiger partial charge in [0.2, 0.25) is 0 Å². The molecular weight excluding hydrogens is 328 g/mol. The minimum Gasteiger partial charge on any atom is -0.504 e. The number of phenolic OH excluding ortho intramolecular Hbond substituents is 1. The molecule has 1 atom stereocenters. The Balaban J connectivity index is 1.77. The molecule has 2 aliphatic rings. The quantitative estimate of drug-likeness (QED) is 0.917. The smallest absolute Gasteiger partial charge is 0.162 e. The maximum Gasteiger partial charge on any atom is 0.162 e. The topological polar surface area (TPSA) is 45.2 Å². The summed E-state index contributed by atoms with van der Waals surface area (Å²) in [7, 11) is 7.42. The van der Waals surface area contributed by atoms with Gasteiger partial charge in [0, 0.05) is 38.8 Å². The van der Waals surface area contributed by atoms with Gasteiger partial charge in [-0.05, 0) is 47.7 Å². The molecule has 0 saturated carbocycles. The highest BCUT2D eigenvalue weighted by Gasteiger charge is 2.34. The van der Waals surface area contributed by atoms with E-state index in [0.717, 1.165) is 42.9 Å². The first-order valence-corrected chi connectivity index (χ1v) is 9.03. The summed E-state index contributed by atoms with van der Waals surface area (Å²) in [5.41, 5.74) is 6.07. The summed E-state index contributed by atoms with van der Waals surface area (Å²) in [5.74, 6) is 1.78. The molecule has 0 spiro atoms. The number of phenols is 1. The van der Waals surface area contributed by atoms with E-state index in [1.165, 1.54) is 16.7 Å². The van der Waals surface area contributed by atoms with Gasteiger partial charge in [0.25, 0.3) is 0 Å². The average Bonchev–Trinajstić information content (AvgIpc) is 2.66. The van der Waals surface area contributed by atoms with Crippen molar-refractivity contribution in [1.29, 1.82) is 0 Å². The molecule has 1 N–H and O–H groups in total. The number of rotatable bonds is 3. The lowest BCUT2D eigenvalue weighted by Gasteiger charge is -2.42. The zero-order chi connectivity index (χ0) is 18.4. The summed E-state index contributed by atoms with van der Waals surface area (Å²) in [6.07, 6.45) is 1.90. The molecule has 2 heterocycles. The minimum absolute atomic E-state index is 0.290. The van der Waals surface area contributed by atoms with E-state index in [9.17, 15) is 5.11 Å². The predicted molar refractivity (Wildman–Crippen MR) is 103 cm³/mol. The Morgan fingerprint density at radius 2 is 1.85 bits per heavy atom. The molecule has 0 fully saturated rings. The van der Waals surface area contributed by atoms with Crippen molar-refractivity contribution in [3.05, 3.63) is 46.5 Å². The Morgan fingerprint density at radius 3 is 2.54 bits per heavy atom. The highest BCUT2D eigenvalue weighted by molar-refractivity contribution is 5.63. The summed E-state index contributed by atoms with van der Waals surface area (Å²) in [5, 5.41) is 10.5. The number of benzene rings is 2. The Bertz CT molecular complexity index is 848. The second-order valence-electron chi connectivity index (χ2n) is 7.31. The van der Waals surface area contributed by atoms with Gasteiger partial charge < -0.3 is 19.5 Å². The van der Waals surface area contributed by atoms with E-state index in [1.807, 2.05) is 20.2 Å². The summed E-state index contributed by atoms with van der Waals surface area (Å²) in [6.45, 7) is 1.74. The van der Waals surface area contributed by atoms with Crippen molar-refractivity contribution in [2.45, 2.75) is 25.4 Å². The fourth-order valence-corrected chi connectivity index (χ4v) is 4.31. The monoisotopic (exact) mass is 354 g/mol. The summed E-state index contributed by atoms with van der Waals surface area (Å²) >= 11 is 0. The van der Waals surface area contributed by atoms with E-state index in [1.54, 1.807) is 14.2 Å². The molecule has 2 aromatic carbocycles. The van der Waals surface area contributed by atoms with Gasteiger partial charge in [0.1, 0.15) is 5.75 Å². The molecule has 5 nitrogen and oxygen atoms in total. The number of hydrogen-bond donors (Lipinski definition) is 1. The number of nitrogens with zero attached hydrogens (tertiary/aromatic N) is 2. The van der Waals surface area contributed by atoms with Crippen molar-refractivity contribution in [1.82, 2.24) is 4.90 Å². The molecule has 5 heteroatoms. The molecule has 0 aliphatic carbocycles. The van der Waals surface area contributed by atoms with Crippen LogP contribution in [0.1, 0.15) is 28.3 Å². The van der Waals surface area contributed by atoms with E-state index in [4.69, 9.17) is 9.47 Å². The number of ether oxygens (including phenoxy) is 2. The Hall–Kier alpha value is -2.40. The molecule has 2 aromatic rings. The van der Waals surface area contributed by atoms with Crippen molar-refractivity contribution in [2.24, 2.45) is 0 Å². The van der Waals surface area contributed by atoms with Crippen molar-refractivity contribution < 1.29 is 14.6 Å². The Morgan fingerprint density at radius 1 is 1.08 bits per heavy atom. The number of methoxy groups -OCH3 is 2. The standard InChI is InChI=1S/C21H26N2O3/c1-22(2)18-11-15-14(10-20(18)26-4)7-8-23-12-16-13(9-17(15)23)5-6-19(25-3)21(16)24/h5-6,10-11,17,24H,7-9,12H2,1-4H3. The van der Waals surface area contributed by atoms with Gasteiger partial charge in [-0.15, -0.1) is 0 Å². The molecule has 2 aliphatic heterocycles. The lowest BCUT2D eigenvalue weighted by molar-refractivity contribution is 0.158. The molecule has 0 saturated heterocycles. The Labute approximate surface area is 154 Å². The third kappa shape index (κ3) is 2.58. The fraction of sp³-hybridized carbons (Fsp3) is 0.429. The second kappa shape index (κ2) is 6.40. The largest absolute Gasteiger partial charge is 0.504 e. The molecule has 0 bridgehead atoms. The van der Waals surface area contributed by atoms with Gasteiger partial charge >= 0.3 is 0 Å². The van der Waals surface area contributed by atoms with E-state index < -0.39 is 0 Å². The number of aromatic hydroxyl groups is 1. The lowest BCUT2D eigenvalue weighted by atomic mass is 9.83. The molecule has 0 radical (unpaired) electrons. The van der Waals surface area contributed by atoms with Gasteiger partial charge in [-0.1, -0.05) is 6.07 Å². The lowest BCUT2D eigenvalue weighted by Crippen LogP contribution is -2.39. The van der Waals surface area contributed by atoms with Crippen LogP contribution >= 0.6 is 0 Å². The average molecular weight is 354 g/mol. The van der Waals surface area contributed by atoms with Crippen LogP contribution in [0.3, 0.4) is 0 Å². The van der Waals surface area contributed by atoms with E-state index in [-0.39, 0.29) is 5.75 Å². The number of fused-ring (bicyclic) bond motifs is 4. The maximum absolute atomic E-state index is 10.5.